The van der Waals surface area contributed by atoms with Gasteiger partial charge in [0.05, 0.1) is 17.6 Å². The largest absolute Gasteiger partial charge is 0.397 e. The van der Waals surface area contributed by atoms with Gasteiger partial charge in [0, 0.05) is 38.1 Å². The van der Waals surface area contributed by atoms with E-state index in [4.69, 9.17) is 5.73 Å². The molecule has 2 aromatic rings. The Labute approximate surface area is 101 Å². The quantitative estimate of drug-likeness (QED) is 0.866. The molecule has 0 bridgehead atoms. The van der Waals surface area contributed by atoms with Crippen molar-refractivity contribution in [1.82, 2.24) is 9.97 Å². The molecular formula is C13H16N4. The number of nitrogen functional groups attached to an aromatic ring is 1. The molecule has 0 amide bonds. The highest BCUT2D eigenvalue weighted by Gasteiger charge is 2.02. The van der Waals surface area contributed by atoms with Crippen molar-refractivity contribution in [3.8, 4) is 0 Å². The molecular weight excluding hydrogens is 212 g/mol. The molecule has 0 saturated carbocycles. The van der Waals surface area contributed by atoms with Crippen LogP contribution in [0.15, 0.2) is 42.9 Å². The summed E-state index contributed by atoms with van der Waals surface area (Å²) in [6.07, 6.45) is 6.19. The minimum Gasteiger partial charge on any atom is -0.397 e. The first kappa shape index (κ1) is 11.4. The van der Waals surface area contributed by atoms with E-state index >= 15 is 0 Å². The van der Waals surface area contributed by atoms with Gasteiger partial charge in [0.25, 0.3) is 0 Å². The number of hydrogen-bond acceptors (Lipinski definition) is 4. The number of nitrogens with zero attached hydrogens (tertiary/aromatic N) is 3. The summed E-state index contributed by atoms with van der Waals surface area (Å²) < 4.78 is 0. The predicted molar refractivity (Wildman–Crippen MR) is 69.9 cm³/mol. The average Bonchev–Trinajstić information content (AvgIpc) is 2.37. The molecule has 2 rings (SSSR count). The summed E-state index contributed by atoms with van der Waals surface area (Å²) in [7, 11) is 2.03. The summed E-state index contributed by atoms with van der Waals surface area (Å²) in [5.41, 5.74) is 8.51. The maximum absolute atomic E-state index is 5.70. The van der Waals surface area contributed by atoms with Crippen LogP contribution in [0.4, 0.5) is 11.4 Å². The minimum atomic E-state index is 0.687. The molecule has 2 N–H and O–H groups in total. The van der Waals surface area contributed by atoms with Gasteiger partial charge < -0.3 is 10.6 Å². The van der Waals surface area contributed by atoms with E-state index in [-0.39, 0.29) is 0 Å². The summed E-state index contributed by atoms with van der Waals surface area (Å²) >= 11 is 0. The van der Waals surface area contributed by atoms with Crippen molar-refractivity contribution in [2.45, 2.75) is 6.42 Å². The highest BCUT2D eigenvalue weighted by Crippen LogP contribution is 2.14. The Morgan fingerprint density at radius 2 is 2.18 bits per heavy atom. The van der Waals surface area contributed by atoms with E-state index in [9.17, 15) is 0 Å². The van der Waals surface area contributed by atoms with E-state index in [1.807, 2.05) is 43.7 Å². The van der Waals surface area contributed by atoms with Crippen LogP contribution in [0.1, 0.15) is 5.69 Å². The van der Waals surface area contributed by atoms with E-state index in [1.165, 1.54) is 0 Å². The number of pyridine rings is 2. The summed E-state index contributed by atoms with van der Waals surface area (Å²) in [5.74, 6) is 0. The predicted octanol–water partition coefficient (Wildman–Crippen LogP) is 1.74. The van der Waals surface area contributed by atoms with Crippen molar-refractivity contribution in [1.29, 1.82) is 0 Å². The fourth-order valence-electron chi connectivity index (χ4n) is 1.61. The van der Waals surface area contributed by atoms with E-state index in [0.29, 0.717) is 5.69 Å². The highest BCUT2D eigenvalue weighted by molar-refractivity contribution is 5.52. The van der Waals surface area contributed by atoms with Crippen molar-refractivity contribution in [2.75, 3.05) is 24.2 Å². The van der Waals surface area contributed by atoms with Crippen LogP contribution in [0.2, 0.25) is 0 Å². The molecule has 0 unspecified atom stereocenters. The molecule has 88 valence electrons. The third-order valence-corrected chi connectivity index (χ3v) is 2.62. The van der Waals surface area contributed by atoms with Gasteiger partial charge in [-0.2, -0.15) is 0 Å². The second-order valence-electron chi connectivity index (χ2n) is 3.97. The molecule has 0 atom stereocenters. The molecule has 0 aliphatic rings. The molecule has 0 aromatic carbocycles. The molecule has 2 aromatic heterocycles. The van der Waals surface area contributed by atoms with Gasteiger partial charge in [-0.15, -0.1) is 0 Å². The summed E-state index contributed by atoms with van der Waals surface area (Å²) in [5, 5.41) is 0. The Hall–Kier alpha value is -2.10. The lowest BCUT2D eigenvalue weighted by molar-refractivity contribution is 0.850. The normalized spacial score (nSPS) is 10.2. The SMILES string of the molecule is CN(CCc1ccccn1)c1cncc(N)c1. The van der Waals surface area contributed by atoms with Crippen LogP contribution in [-0.2, 0) is 6.42 Å². The Morgan fingerprint density at radius 1 is 1.29 bits per heavy atom. The van der Waals surface area contributed by atoms with Gasteiger partial charge in [0.15, 0.2) is 0 Å². The molecule has 0 aliphatic carbocycles. The van der Waals surface area contributed by atoms with Crippen LogP contribution in [0.25, 0.3) is 0 Å². The first-order chi connectivity index (χ1) is 8.25. The van der Waals surface area contributed by atoms with Crippen LogP contribution < -0.4 is 10.6 Å². The van der Waals surface area contributed by atoms with Gasteiger partial charge in [0.2, 0.25) is 0 Å². The number of likely N-dealkylation sites (N-methyl/N-ethyl adjacent to an activating group) is 1. The van der Waals surface area contributed by atoms with Crippen LogP contribution in [0.5, 0.6) is 0 Å². The van der Waals surface area contributed by atoms with Gasteiger partial charge in [0.1, 0.15) is 0 Å². The number of hydrogen-bond donors (Lipinski definition) is 1. The molecule has 4 heteroatoms. The van der Waals surface area contributed by atoms with Gasteiger partial charge in [-0.05, 0) is 18.2 Å². The summed E-state index contributed by atoms with van der Waals surface area (Å²) in [6, 6.07) is 7.89. The standard InChI is InChI=1S/C13H16N4/c1-17(13-8-11(14)9-15-10-13)7-5-12-4-2-3-6-16-12/h2-4,6,8-10H,5,7,14H2,1H3. The molecule has 0 spiro atoms. The average molecular weight is 228 g/mol. The van der Waals surface area contributed by atoms with Crippen molar-refractivity contribution in [3.05, 3.63) is 48.5 Å². The van der Waals surface area contributed by atoms with Crippen LogP contribution in [0.3, 0.4) is 0 Å². The van der Waals surface area contributed by atoms with Gasteiger partial charge in [-0.3, -0.25) is 9.97 Å². The third kappa shape index (κ3) is 3.17. The molecule has 4 nitrogen and oxygen atoms in total. The van der Waals surface area contributed by atoms with Crippen molar-refractivity contribution in [2.24, 2.45) is 0 Å². The lowest BCUT2D eigenvalue weighted by Gasteiger charge is -2.18. The Balaban J connectivity index is 1.96. The zero-order valence-electron chi connectivity index (χ0n) is 9.87. The molecule has 2 heterocycles. The zero-order valence-corrected chi connectivity index (χ0v) is 9.87. The van der Waals surface area contributed by atoms with Gasteiger partial charge >= 0.3 is 0 Å². The van der Waals surface area contributed by atoms with Crippen LogP contribution in [0, 0.1) is 0 Å². The number of nitrogens with two attached hydrogens (primary N) is 1. The van der Waals surface area contributed by atoms with E-state index < -0.39 is 0 Å². The van der Waals surface area contributed by atoms with E-state index in [2.05, 4.69) is 14.9 Å². The lowest BCUT2D eigenvalue weighted by atomic mass is 10.2. The second-order valence-corrected chi connectivity index (χ2v) is 3.97. The summed E-state index contributed by atoms with van der Waals surface area (Å²) in [6.45, 7) is 0.891. The maximum Gasteiger partial charge on any atom is 0.0570 e. The number of aromatic nitrogens is 2. The number of anilines is 2. The van der Waals surface area contributed by atoms with E-state index in [1.54, 1.807) is 6.20 Å². The molecule has 0 aliphatic heterocycles. The Kier molecular flexibility index (Phi) is 3.55. The lowest BCUT2D eigenvalue weighted by Crippen LogP contribution is -2.20. The van der Waals surface area contributed by atoms with Crippen molar-refractivity contribution >= 4 is 11.4 Å². The third-order valence-electron chi connectivity index (χ3n) is 2.62. The smallest absolute Gasteiger partial charge is 0.0570 e. The van der Waals surface area contributed by atoms with Crippen molar-refractivity contribution < 1.29 is 0 Å². The van der Waals surface area contributed by atoms with Gasteiger partial charge in [-0.25, -0.2) is 0 Å². The first-order valence-electron chi connectivity index (χ1n) is 5.57. The van der Waals surface area contributed by atoms with E-state index in [0.717, 1.165) is 24.3 Å². The fourth-order valence-corrected chi connectivity index (χ4v) is 1.61. The molecule has 0 radical (unpaired) electrons. The molecule has 17 heavy (non-hydrogen) atoms. The van der Waals surface area contributed by atoms with Crippen LogP contribution in [-0.4, -0.2) is 23.6 Å². The highest BCUT2D eigenvalue weighted by atomic mass is 15.1. The maximum atomic E-state index is 5.70. The number of rotatable bonds is 4. The molecule has 0 saturated heterocycles. The Bertz CT molecular complexity index is 470. The monoisotopic (exact) mass is 228 g/mol. The fraction of sp³-hybridized carbons (Fsp3) is 0.231. The minimum absolute atomic E-state index is 0.687. The van der Waals surface area contributed by atoms with Crippen molar-refractivity contribution in [3.63, 3.8) is 0 Å². The Morgan fingerprint density at radius 3 is 2.88 bits per heavy atom. The second kappa shape index (κ2) is 5.30. The summed E-state index contributed by atoms with van der Waals surface area (Å²) in [4.78, 5) is 10.5. The first-order valence-corrected chi connectivity index (χ1v) is 5.57. The zero-order chi connectivity index (χ0) is 12.1. The van der Waals surface area contributed by atoms with Crippen LogP contribution >= 0.6 is 0 Å². The molecule has 0 fully saturated rings. The van der Waals surface area contributed by atoms with Gasteiger partial charge in [-0.1, -0.05) is 6.07 Å². The topological polar surface area (TPSA) is 55.0 Å².